The molecule has 8 heteroatoms. The van der Waals surface area contributed by atoms with Gasteiger partial charge >= 0.3 is 0 Å². The summed E-state index contributed by atoms with van der Waals surface area (Å²) < 4.78 is 26.6. The van der Waals surface area contributed by atoms with Crippen molar-refractivity contribution in [2.75, 3.05) is 18.4 Å². The Kier molecular flexibility index (Phi) is 7.01. The van der Waals surface area contributed by atoms with E-state index in [1.807, 2.05) is 6.92 Å². The quantitative estimate of drug-likeness (QED) is 0.718. The number of rotatable bonds is 6. The molecule has 1 fully saturated rings. The van der Waals surface area contributed by atoms with Crippen molar-refractivity contribution in [3.05, 3.63) is 24.3 Å². The predicted molar refractivity (Wildman–Crippen MR) is 93.3 cm³/mol. The normalized spacial score (nSPS) is 16.3. The molecule has 1 amide bonds. The van der Waals surface area contributed by atoms with Crippen LogP contribution in [-0.4, -0.2) is 33.5 Å². The molecule has 6 nitrogen and oxygen atoms in total. The van der Waals surface area contributed by atoms with Crippen molar-refractivity contribution in [1.29, 1.82) is 0 Å². The predicted octanol–water partition coefficient (Wildman–Crippen LogP) is 1.59. The third-order valence-electron chi connectivity index (χ3n) is 3.76. The number of amides is 1. The Morgan fingerprint density at radius 1 is 1.17 bits per heavy atom. The highest BCUT2D eigenvalue weighted by molar-refractivity contribution is 7.89. The standard InChI is InChI=1S/C15H23N3O3S.ClH/c1-10(2)18-22(20,21)14-6-4-13(5-7-14)17-15(19)11(3)12-8-16-9-12;/h4-7,10-12,16,18H,8-9H2,1-3H3,(H,17,19);1H. The van der Waals surface area contributed by atoms with Gasteiger partial charge in [0.05, 0.1) is 4.90 Å². The van der Waals surface area contributed by atoms with Gasteiger partial charge in [-0.15, -0.1) is 12.4 Å². The van der Waals surface area contributed by atoms with E-state index in [2.05, 4.69) is 15.4 Å². The lowest BCUT2D eigenvalue weighted by Gasteiger charge is -2.31. The summed E-state index contributed by atoms with van der Waals surface area (Å²) in [6.07, 6.45) is 0. The van der Waals surface area contributed by atoms with Gasteiger partial charge in [-0.3, -0.25) is 4.79 Å². The van der Waals surface area contributed by atoms with Crippen molar-refractivity contribution >= 4 is 34.0 Å². The number of anilines is 1. The van der Waals surface area contributed by atoms with Gasteiger partial charge in [-0.25, -0.2) is 13.1 Å². The number of carbonyl (C=O) groups excluding carboxylic acids is 1. The monoisotopic (exact) mass is 361 g/mol. The number of hydrogen-bond acceptors (Lipinski definition) is 4. The van der Waals surface area contributed by atoms with Crippen molar-refractivity contribution < 1.29 is 13.2 Å². The van der Waals surface area contributed by atoms with Gasteiger partial charge in [0.1, 0.15) is 0 Å². The molecule has 0 bridgehead atoms. The Bertz CT molecular complexity index is 628. The lowest BCUT2D eigenvalue weighted by molar-refractivity contribution is -0.121. The van der Waals surface area contributed by atoms with E-state index in [-0.39, 0.29) is 35.2 Å². The smallest absolute Gasteiger partial charge is 0.240 e. The summed E-state index contributed by atoms with van der Waals surface area (Å²) >= 11 is 0. The number of benzene rings is 1. The molecule has 0 radical (unpaired) electrons. The van der Waals surface area contributed by atoms with Gasteiger partial charge in [0.25, 0.3) is 0 Å². The van der Waals surface area contributed by atoms with Crippen molar-refractivity contribution in [3.63, 3.8) is 0 Å². The molecule has 3 N–H and O–H groups in total. The van der Waals surface area contributed by atoms with E-state index >= 15 is 0 Å². The molecule has 1 saturated heterocycles. The largest absolute Gasteiger partial charge is 0.326 e. The minimum Gasteiger partial charge on any atom is -0.326 e. The van der Waals surface area contributed by atoms with Gasteiger partial charge in [0, 0.05) is 17.6 Å². The topological polar surface area (TPSA) is 87.3 Å². The Morgan fingerprint density at radius 3 is 2.17 bits per heavy atom. The van der Waals surface area contributed by atoms with Gasteiger partial charge in [0.2, 0.25) is 15.9 Å². The van der Waals surface area contributed by atoms with Gasteiger partial charge in [-0.1, -0.05) is 6.92 Å². The van der Waals surface area contributed by atoms with E-state index in [1.54, 1.807) is 26.0 Å². The van der Waals surface area contributed by atoms with Crippen LogP contribution in [-0.2, 0) is 14.8 Å². The molecule has 0 aromatic heterocycles. The molecule has 1 unspecified atom stereocenters. The minimum atomic E-state index is -3.50. The average molecular weight is 362 g/mol. The fraction of sp³-hybridized carbons (Fsp3) is 0.533. The molecule has 1 heterocycles. The van der Waals surface area contributed by atoms with Crippen LogP contribution in [0.1, 0.15) is 20.8 Å². The Labute approximate surface area is 143 Å². The summed E-state index contributed by atoms with van der Waals surface area (Å²) in [6, 6.07) is 6.05. The zero-order chi connectivity index (χ0) is 16.3. The van der Waals surface area contributed by atoms with E-state index in [1.165, 1.54) is 12.1 Å². The summed E-state index contributed by atoms with van der Waals surface area (Å²) in [5, 5.41) is 5.98. The number of carbonyl (C=O) groups is 1. The van der Waals surface area contributed by atoms with Crippen molar-refractivity contribution in [1.82, 2.24) is 10.0 Å². The maximum atomic E-state index is 12.1. The summed E-state index contributed by atoms with van der Waals surface area (Å²) in [6.45, 7) is 7.18. The maximum absolute atomic E-state index is 12.1. The summed E-state index contributed by atoms with van der Waals surface area (Å²) in [7, 11) is -3.50. The van der Waals surface area contributed by atoms with Crippen LogP contribution >= 0.6 is 12.4 Å². The van der Waals surface area contributed by atoms with E-state index in [9.17, 15) is 13.2 Å². The van der Waals surface area contributed by atoms with E-state index in [0.717, 1.165) is 13.1 Å². The Balaban J connectivity index is 0.00000264. The Hall–Kier alpha value is -1.15. The summed E-state index contributed by atoms with van der Waals surface area (Å²) in [5.74, 6) is 0.268. The zero-order valence-corrected chi connectivity index (χ0v) is 15.1. The molecule has 2 rings (SSSR count). The molecular formula is C15H24ClN3O3S. The van der Waals surface area contributed by atoms with Gasteiger partial charge < -0.3 is 10.6 Å². The molecule has 1 aliphatic rings. The van der Waals surface area contributed by atoms with Gasteiger partial charge in [0.15, 0.2) is 0 Å². The van der Waals surface area contributed by atoms with Crippen molar-refractivity contribution in [3.8, 4) is 0 Å². The lowest BCUT2D eigenvalue weighted by Crippen LogP contribution is -2.48. The van der Waals surface area contributed by atoms with E-state index in [4.69, 9.17) is 0 Å². The number of sulfonamides is 1. The van der Waals surface area contributed by atoms with Crippen LogP contribution in [0, 0.1) is 11.8 Å². The first-order valence-corrected chi connectivity index (χ1v) is 8.92. The average Bonchev–Trinajstić information content (AvgIpc) is 2.35. The second kappa shape index (κ2) is 8.10. The molecular weight excluding hydrogens is 338 g/mol. The van der Waals surface area contributed by atoms with Gasteiger partial charge in [-0.2, -0.15) is 0 Å². The van der Waals surface area contributed by atoms with Crippen LogP contribution in [0.3, 0.4) is 0 Å². The zero-order valence-electron chi connectivity index (χ0n) is 13.5. The highest BCUT2D eigenvalue weighted by Gasteiger charge is 2.28. The van der Waals surface area contributed by atoms with Crippen LogP contribution < -0.4 is 15.4 Å². The first-order chi connectivity index (χ1) is 10.3. The van der Waals surface area contributed by atoms with Crippen LogP contribution in [0.5, 0.6) is 0 Å². The third-order valence-corrected chi connectivity index (χ3v) is 5.43. The molecule has 0 saturated carbocycles. The molecule has 130 valence electrons. The third kappa shape index (κ3) is 5.17. The highest BCUT2D eigenvalue weighted by Crippen LogP contribution is 2.19. The molecule has 1 aromatic carbocycles. The number of nitrogens with one attached hydrogen (secondary N) is 3. The fourth-order valence-electron chi connectivity index (χ4n) is 2.23. The maximum Gasteiger partial charge on any atom is 0.240 e. The van der Waals surface area contributed by atoms with Gasteiger partial charge in [-0.05, 0) is 57.1 Å². The van der Waals surface area contributed by atoms with Crippen molar-refractivity contribution in [2.45, 2.75) is 31.7 Å². The van der Waals surface area contributed by atoms with Crippen LogP contribution in [0.2, 0.25) is 0 Å². The Morgan fingerprint density at radius 2 is 1.74 bits per heavy atom. The van der Waals surface area contributed by atoms with E-state index < -0.39 is 10.0 Å². The fourth-order valence-corrected chi connectivity index (χ4v) is 3.48. The molecule has 1 aromatic rings. The first-order valence-electron chi connectivity index (χ1n) is 7.43. The SMILES string of the molecule is CC(C)NS(=O)(=O)c1ccc(NC(=O)C(C)C2CNC2)cc1.Cl. The van der Waals surface area contributed by atoms with Crippen LogP contribution in [0.4, 0.5) is 5.69 Å². The van der Waals surface area contributed by atoms with Crippen molar-refractivity contribution in [2.24, 2.45) is 11.8 Å². The lowest BCUT2D eigenvalue weighted by atomic mass is 9.88. The molecule has 1 atom stereocenters. The summed E-state index contributed by atoms with van der Waals surface area (Å²) in [5.41, 5.74) is 0.604. The van der Waals surface area contributed by atoms with Crippen LogP contribution in [0.15, 0.2) is 29.2 Å². The van der Waals surface area contributed by atoms with Crippen LogP contribution in [0.25, 0.3) is 0 Å². The first kappa shape index (κ1) is 19.9. The molecule has 0 spiro atoms. The summed E-state index contributed by atoms with van der Waals surface area (Å²) in [4.78, 5) is 12.3. The molecule has 0 aliphatic carbocycles. The second-order valence-corrected chi connectivity index (χ2v) is 7.71. The molecule has 1 aliphatic heterocycles. The molecule has 23 heavy (non-hydrogen) atoms. The minimum absolute atomic E-state index is 0. The number of hydrogen-bond donors (Lipinski definition) is 3. The van der Waals surface area contributed by atoms with E-state index in [0.29, 0.717) is 11.6 Å². The number of halogens is 1. The highest BCUT2D eigenvalue weighted by atomic mass is 35.5. The second-order valence-electron chi connectivity index (χ2n) is 6.00.